The van der Waals surface area contributed by atoms with Gasteiger partial charge in [0, 0.05) is 22.1 Å². The highest BCUT2D eigenvalue weighted by Gasteiger charge is 2.18. The number of aryl methyl sites for hydroxylation is 1. The third-order valence-electron chi connectivity index (χ3n) is 9.37. The van der Waals surface area contributed by atoms with E-state index in [4.69, 9.17) is 12.9 Å². The minimum Gasteiger partial charge on any atom is -0.399 e. The molecule has 8 rings (SSSR count). The second-order valence-electron chi connectivity index (χ2n) is 13.0. The van der Waals surface area contributed by atoms with Crippen LogP contribution in [0.3, 0.4) is 0 Å². The van der Waals surface area contributed by atoms with Crippen molar-refractivity contribution < 1.29 is 22.5 Å². The summed E-state index contributed by atoms with van der Waals surface area (Å²) in [6, 6.07) is 46.7. The number of amides is 2. The summed E-state index contributed by atoms with van der Waals surface area (Å²) in [7, 11) is -1.80. The molecule has 1 heterocycles. The van der Waals surface area contributed by atoms with Gasteiger partial charge in [-0.15, -0.1) is 0 Å². The van der Waals surface area contributed by atoms with Gasteiger partial charge in [0.15, 0.2) is 0 Å². The van der Waals surface area contributed by atoms with Crippen LogP contribution in [-0.4, -0.2) is 11.8 Å². The van der Waals surface area contributed by atoms with Gasteiger partial charge in [0.1, 0.15) is 11.2 Å². The number of hydrogen-bond acceptors (Lipinski definition) is 5. The Morgan fingerprint density at radius 3 is 1.55 bits per heavy atom. The molecule has 262 valence electrons. The molecular formula is C45H37N2O5P. The number of rotatable bonds is 10. The van der Waals surface area contributed by atoms with E-state index in [0.717, 1.165) is 57.1 Å². The quantitative estimate of drug-likeness (QED) is 0.147. The number of unbranched alkanes of at least 4 members (excludes halogenated alkanes) is 1. The second kappa shape index (κ2) is 15.2. The Morgan fingerprint density at radius 2 is 1.04 bits per heavy atom. The molecule has 0 atom stereocenters. The highest BCUT2D eigenvalue weighted by Crippen LogP contribution is 2.40. The molecule has 0 saturated heterocycles. The molecule has 2 amide bonds. The number of carbonyl (C=O) groups is 2. The predicted molar refractivity (Wildman–Crippen MR) is 215 cm³/mol. The van der Waals surface area contributed by atoms with Crippen LogP contribution in [0, 0.1) is 0 Å². The Labute approximate surface area is 307 Å². The Morgan fingerprint density at radius 1 is 0.566 bits per heavy atom. The molecule has 0 unspecified atom stereocenters. The van der Waals surface area contributed by atoms with Crippen LogP contribution in [0.15, 0.2) is 154 Å². The van der Waals surface area contributed by atoms with Crippen LogP contribution in [-0.2, 0) is 13.0 Å². The van der Waals surface area contributed by atoms with Crippen molar-refractivity contribution in [1.82, 2.24) is 0 Å². The first kappa shape index (κ1) is 34.0. The van der Waals surface area contributed by atoms with E-state index in [1.165, 1.54) is 5.56 Å². The second-order valence-corrected chi connectivity index (χ2v) is 14.0. The van der Waals surface area contributed by atoms with Crippen molar-refractivity contribution in [1.29, 1.82) is 0 Å². The van der Waals surface area contributed by atoms with Gasteiger partial charge < -0.3 is 19.0 Å². The topological polar surface area (TPSA) is 93.7 Å². The van der Waals surface area contributed by atoms with Crippen molar-refractivity contribution in [3.05, 3.63) is 168 Å². The van der Waals surface area contributed by atoms with E-state index in [2.05, 4.69) is 54.0 Å². The minimum atomic E-state index is -1.80. The van der Waals surface area contributed by atoms with Crippen LogP contribution >= 0.6 is 8.24 Å². The van der Waals surface area contributed by atoms with Gasteiger partial charge in [0.25, 0.3) is 11.8 Å². The van der Waals surface area contributed by atoms with Gasteiger partial charge in [-0.1, -0.05) is 110 Å². The number of hydrogen-bond donors (Lipinski definition) is 2. The van der Waals surface area contributed by atoms with E-state index in [-0.39, 0.29) is 24.0 Å². The molecule has 0 spiro atoms. The highest BCUT2D eigenvalue weighted by atomic mass is 31.1. The van der Waals surface area contributed by atoms with E-state index in [1.54, 1.807) is 24.3 Å². The zero-order valence-corrected chi connectivity index (χ0v) is 30.1. The Hall–Kier alpha value is -6.14. The maximum atomic E-state index is 13.4. The van der Waals surface area contributed by atoms with Gasteiger partial charge >= 0.3 is 8.24 Å². The third-order valence-corrected chi connectivity index (χ3v) is 10.4. The average Bonchev–Trinajstić information content (AvgIpc) is 3.37. The molecule has 53 heavy (non-hydrogen) atoms. The average molecular weight is 717 g/mol. The van der Waals surface area contributed by atoms with Crippen molar-refractivity contribution in [3.8, 4) is 0 Å². The van der Waals surface area contributed by atoms with Crippen LogP contribution in [0.5, 0.6) is 0 Å². The smallest absolute Gasteiger partial charge is 0.387 e. The molecule has 0 saturated carbocycles. The summed E-state index contributed by atoms with van der Waals surface area (Å²) in [5.74, 6) is -0.725. The fourth-order valence-electron chi connectivity index (χ4n) is 6.63. The summed E-state index contributed by atoms with van der Waals surface area (Å²) in [4.78, 5) is 26.7. The SMILES string of the molecule is CCCCc1ccc(NC(=O)c2ccccc2C(=O)Nc2ccc(COp3oc4ccc5ccccc5c4c4c(ccc5ccccc54)o3)cc2)cc1. The van der Waals surface area contributed by atoms with Crippen LogP contribution in [0.25, 0.3) is 43.5 Å². The van der Waals surface area contributed by atoms with E-state index >= 15 is 0 Å². The summed E-state index contributed by atoms with van der Waals surface area (Å²) >= 11 is 0. The Balaban J connectivity index is 0.996. The van der Waals surface area contributed by atoms with Crippen LogP contribution < -0.4 is 15.2 Å². The van der Waals surface area contributed by atoms with Gasteiger partial charge in [-0.2, -0.15) is 0 Å². The first-order valence-electron chi connectivity index (χ1n) is 17.8. The van der Waals surface area contributed by atoms with Crippen LogP contribution in [0.4, 0.5) is 11.4 Å². The molecule has 7 nitrogen and oxygen atoms in total. The standard InChI is InChI=1S/C45H37N2O5P/c1-2-3-10-30-17-23-34(24-18-30)46-44(48)38-15-8-9-16-39(38)45(49)47-35-25-19-31(20-26-35)29-50-53-51-40-27-21-32-11-4-6-13-36(32)42(40)43-37-14-7-5-12-33(37)22-28-41(43)52-53/h4-9,11-28H,2-3,10,29H2,1H3,(H,46,48)(H,47,49). The van der Waals surface area contributed by atoms with E-state index < -0.39 is 8.24 Å². The van der Waals surface area contributed by atoms with E-state index in [1.807, 2.05) is 84.9 Å². The Bertz CT molecular complexity index is 2550. The summed E-state index contributed by atoms with van der Waals surface area (Å²) < 4.78 is 19.2. The van der Waals surface area contributed by atoms with E-state index in [9.17, 15) is 9.59 Å². The first-order valence-corrected chi connectivity index (χ1v) is 18.9. The molecule has 8 heteroatoms. The lowest BCUT2D eigenvalue weighted by Crippen LogP contribution is -2.20. The van der Waals surface area contributed by atoms with Crippen molar-refractivity contribution in [2.75, 3.05) is 10.6 Å². The number of benzene rings is 7. The molecule has 7 aromatic carbocycles. The first-order chi connectivity index (χ1) is 26.0. The number of nitrogens with one attached hydrogen (secondary N) is 2. The maximum absolute atomic E-state index is 13.4. The predicted octanol–water partition coefficient (Wildman–Crippen LogP) is 12.1. The lowest BCUT2D eigenvalue weighted by molar-refractivity contribution is 0.0990. The largest absolute Gasteiger partial charge is 0.399 e. The maximum Gasteiger partial charge on any atom is 0.387 e. The van der Waals surface area contributed by atoms with Crippen molar-refractivity contribution in [3.63, 3.8) is 0 Å². The number of fused-ring (bicyclic) bond motifs is 7. The zero-order chi connectivity index (χ0) is 36.1. The summed E-state index contributed by atoms with van der Waals surface area (Å²) in [5, 5.41) is 12.2. The molecule has 0 bridgehead atoms. The number of anilines is 2. The lowest BCUT2D eigenvalue weighted by atomic mass is 9.99. The Kier molecular flexibility index (Phi) is 9.76. The van der Waals surface area contributed by atoms with Crippen molar-refractivity contribution in [2.45, 2.75) is 32.8 Å². The molecule has 1 aromatic heterocycles. The van der Waals surface area contributed by atoms with E-state index in [0.29, 0.717) is 28.1 Å². The molecule has 0 radical (unpaired) electrons. The van der Waals surface area contributed by atoms with Gasteiger partial charge in [0.2, 0.25) is 0 Å². The van der Waals surface area contributed by atoms with Gasteiger partial charge in [-0.3, -0.25) is 14.1 Å². The third kappa shape index (κ3) is 7.31. The van der Waals surface area contributed by atoms with Gasteiger partial charge in [-0.25, -0.2) is 0 Å². The van der Waals surface area contributed by atoms with Gasteiger partial charge in [-0.05, 0) is 94.0 Å². The minimum absolute atomic E-state index is 0.231. The molecule has 0 aliphatic carbocycles. The van der Waals surface area contributed by atoms with Crippen LogP contribution in [0.1, 0.15) is 51.6 Å². The summed E-state index contributed by atoms with van der Waals surface area (Å²) in [5.41, 5.74) is 5.36. The van der Waals surface area contributed by atoms with Crippen molar-refractivity contribution >= 4 is 74.9 Å². The molecule has 2 N–H and O–H groups in total. The lowest BCUT2D eigenvalue weighted by Gasteiger charge is -2.12. The van der Waals surface area contributed by atoms with Crippen molar-refractivity contribution in [2.24, 2.45) is 0 Å². The molecular weight excluding hydrogens is 679 g/mol. The molecule has 0 aliphatic heterocycles. The molecule has 0 fully saturated rings. The fraction of sp³-hybridized carbons (Fsp3) is 0.111. The normalized spacial score (nSPS) is 11.3. The monoisotopic (exact) mass is 716 g/mol. The molecule has 0 aliphatic rings. The highest BCUT2D eigenvalue weighted by molar-refractivity contribution is 7.31. The number of carbonyl (C=O) groups excluding carboxylic acids is 2. The van der Waals surface area contributed by atoms with Gasteiger partial charge in [0.05, 0.1) is 17.7 Å². The fourth-order valence-corrected chi connectivity index (χ4v) is 7.65. The zero-order valence-electron chi connectivity index (χ0n) is 29.2. The molecule has 8 aromatic rings. The summed E-state index contributed by atoms with van der Waals surface area (Å²) in [6.45, 7) is 2.40. The van der Waals surface area contributed by atoms with Crippen LogP contribution in [0.2, 0.25) is 0 Å². The summed E-state index contributed by atoms with van der Waals surface area (Å²) in [6.07, 6.45) is 3.26.